The third-order valence-electron chi connectivity index (χ3n) is 4.39. The summed E-state index contributed by atoms with van der Waals surface area (Å²) in [5.74, 6) is -0.538. The van der Waals surface area contributed by atoms with E-state index in [0.29, 0.717) is 31.9 Å². The Balaban J connectivity index is 2.03. The highest BCUT2D eigenvalue weighted by Crippen LogP contribution is 2.30. The van der Waals surface area contributed by atoms with Crippen molar-refractivity contribution < 1.29 is 27.5 Å². The Kier molecular flexibility index (Phi) is 6.67. The number of carbonyl (C=O) groups is 2. The van der Waals surface area contributed by atoms with Gasteiger partial charge in [0.15, 0.2) is 0 Å². The quantitative estimate of drug-likeness (QED) is 0.554. The first-order chi connectivity index (χ1) is 12.2. The molecule has 0 aromatic heterocycles. The Morgan fingerprint density at radius 1 is 1.31 bits per heavy atom. The van der Waals surface area contributed by atoms with Crippen molar-refractivity contribution in [1.82, 2.24) is 4.90 Å². The number of ether oxygens (including phenoxy) is 1. The number of benzene rings is 1. The Morgan fingerprint density at radius 3 is 2.69 bits per heavy atom. The first-order valence-corrected chi connectivity index (χ1v) is 8.85. The van der Waals surface area contributed by atoms with Gasteiger partial charge in [-0.15, -0.1) is 0 Å². The standard InChI is InChI=1S/C19H24F3NO3/c1-13(2)6-5-11-26-18(25)16-9-4-10-23(16)17(24)14-7-3-8-15(12-14)19(20,21)22/h3,7-8,12-13,16H,4-6,9-11H2,1-2H3. The molecule has 0 aliphatic carbocycles. The molecule has 1 atom stereocenters. The Morgan fingerprint density at radius 2 is 2.04 bits per heavy atom. The van der Waals surface area contributed by atoms with Crippen LogP contribution in [0.1, 0.15) is 55.5 Å². The molecule has 2 rings (SSSR count). The third kappa shape index (κ3) is 5.22. The molecule has 1 fully saturated rings. The molecular formula is C19H24F3NO3. The van der Waals surface area contributed by atoms with Gasteiger partial charge < -0.3 is 9.64 Å². The smallest absolute Gasteiger partial charge is 0.416 e. The molecule has 0 bridgehead atoms. The van der Waals surface area contributed by atoms with Crippen molar-refractivity contribution >= 4 is 11.9 Å². The Bertz CT molecular complexity index is 643. The van der Waals surface area contributed by atoms with Crippen LogP contribution in [0.3, 0.4) is 0 Å². The molecule has 0 radical (unpaired) electrons. The van der Waals surface area contributed by atoms with E-state index >= 15 is 0 Å². The fourth-order valence-corrected chi connectivity index (χ4v) is 3.01. The van der Waals surface area contributed by atoms with Crippen LogP contribution in [0.25, 0.3) is 0 Å². The predicted molar refractivity (Wildman–Crippen MR) is 90.5 cm³/mol. The summed E-state index contributed by atoms with van der Waals surface area (Å²) in [7, 11) is 0. The fourth-order valence-electron chi connectivity index (χ4n) is 3.01. The molecule has 0 N–H and O–H groups in total. The summed E-state index contributed by atoms with van der Waals surface area (Å²) in [6.07, 6.45) is -1.75. The zero-order valence-corrected chi connectivity index (χ0v) is 15.0. The van der Waals surface area contributed by atoms with Gasteiger partial charge in [-0.1, -0.05) is 19.9 Å². The molecule has 1 aliphatic rings. The largest absolute Gasteiger partial charge is 0.464 e. The second-order valence-electron chi connectivity index (χ2n) is 6.94. The number of carbonyl (C=O) groups excluding carboxylic acids is 2. The molecule has 1 heterocycles. The van der Waals surface area contributed by atoms with E-state index in [1.807, 2.05) is 0 Å². The van der Waals surface area contributed by atoms with Crippen molar-refractivity contribution in [2.75, 3.05) is 13.2 Å². The molecular weight excluding hydrogens is 347 g/mol. The number of esters is 1. The number of likely N-dealkylation sites (tertiary alicyclic amines) is 1. The van der Waals surface area contributed by atoms with Crippen LogP contribution in [-0.2, 0) is 15.7 Å². The zero-order valence-electron chi connectivity index (χ0n) is 15.0. The monoisotopic (exact) mass is 371 g/mol. The van der Waals surface area contributed by atoms with Gasteiger partial charge in [-0.25, -0.2) is 4.79 Å². The van der Waals surface area contributed by atoms with Gasteiger partial charge in [0, 0.05) is 12.1 Å². The summed E-state index contributed by atoms with van der Waals surface area (Å²) in [6.45, 7) is 4.78. The van der Waals surface area contributed by atoms with E-state index in [1.54, 1.807) is 0 Å². The Hall–Kier alpha value is -2.05. The van der Waals surface area contributed by atoms with Crippen LogP contribution in [-0.4, -0.2) is 36.0 Å². The van der Waals surface area contributed by atoms with Crippen LogP contribution in [0.5, 0.6) is 0 Å². The molecule has 7 heteroatoms. The number of halogens is 3. The molecule has 1 amide bonds. The van der Waals surface area contributed by atoms with Crippen molar-refractivity contribution in [2.24, 2.45) is 5.92 Å². The number of nitrogens with zero attached hydrogens (tertiary/aromatic N) is 1. The summed E-state index contributed by atoms with van der Waals surface area (Å²) < 4.78 is 43.8. The molecule has 0 saturated carbocycles. The third-order valence-corrected chi connectivity index (χ3v) is 4.39. The number of alkyl halides is 3. The number of amides is 1. The van der Waals surface area contributed by atoms with Gasteiger partial charge in [0.25, 0.3) is 5.91 Å². The number of rotatable bonds is 6. The van der Waals surface area contributed by atoms with Gasteiger partial charge in [0.05, 0.1) is 12.2 Å². The van der Waals surface area contributed by atoms with E-state index in [9.17, 15) is 22.8 Å². The molecule has 1 aromatic rings. The van der Waals surface area contributed by atoms with Gasteiger partial charge in [0.1, 0.15) is 6.04 Å². The summed E-state index contributed by atoms with van der Waals surface area (Å²) in [4.78, 5) is 26.2. The molecule has 0 spiro atoms. The predicted octanol–water partition coefficient (Wildman–Crippen LogP) is 4.29. The van der Waals surface area contributed by atoms with Gasteiger partial charge in [-0.2, -0.15) is 13.2 Å². The minimum absolute atomic E-state index is 0.0701. The average Bonchev–Trinajstić information content (AvgIpc) is 3.07. The van der Waals surface area contributed by atoms with Gasteiger partial charge in [0.2, 0.25) is 0 Å². The summed E-state index contributed by atoms with van der Waals surface area (Å²) in [5, 5.41) is 0. The maximum atomic E-state index is 12.8. The van der Waals surface area contributed by atoms with Crippen LogP contribution in [0.4, 0.5) is 13.2 Å². The van der Waals surface area contributed by atoms with Crippen molar-refractivity contribution in [3.63, 3.8) is 0 Å². The van der Waals surface area contributed by atoms with Crippen molar-refractivity contribution in [1.29, 1.82) is 0 Å². The second-order valence-corrected chi connectivity index (χ2v) is 6.94. The highest BCUT2D eigenvalue weighted by molar-refractivity contribution is 5.97. The van der Waals surface area contributed by atoms with Crippen molar-refractivity contribution in [2.45, 2.75) is 51.7 Å². The SMILES string of the molecule is CC(C)CCCOC(=O)C1CCCN1C(=O)c1cccc(C(F)(F)F)c1. The molecule has 1 unspecified atom stereocenters. The molecule has 4 nitrogen and oxygen atoms in total. The lowest BCUT2D eigenvalue weighted by Gasteiger charge is -2.23. The van der Waals surface area contributed by atoms with Gasteiger partial charge in [-0.05, 0) is 49.8 Å². The average molecular weight is 371 g/mol. The number of hydrogen-bond donors (Lipinski definition) is 0. The first kappa shape index (κ1) is 20.3. The van der Waals surface area contributed by atoms with E-state index < -0.39 is 29.7 Å². The second kappa shape index (κ2) is 8.56. The summed E-state index contributed by atoms with van der Waals surface area (Å²) in [6, 6.07) is 3.55. The van der Waals surface area contributed by atoms with Crippen LogP contribution in [0.15, 0.2) is 24.3 Å². The zero-order chi connectivity index (χ0) is 19.3. The van der Waals surface area contributed by atoms with Crippen molar-refractivity contribution in [3.8, 4) is 0 Å². The number of hydrogen-bond acceptors (Lipinski definition) is 3. The van der Waals surface area contributed by atoms with E-state index in [4.69, 9.17) is 4.74 Å². The van der Waals surface area contributed by atoms with Crippen LogP contribution < -0.4 is 0 Å². The van der Waals surface area contributed by atoms with E-state index in [0.717, 1.165) is 25.0 Å². The molecule has 1 aromatic carbocycles. The van der Waals surface area contributed by atoms with Crippen LogP contribution >= 0.6 is 0 Å². The maximum Gasteiger partial charge on any atom is 0.416 e. The Labute approximate surface area is 151 Å². The lowest BCUT2D eigenvalue weighted by Crippen LogP contribution is -2.41. The lowest BCUT2D eigenvalue weighted by molar-refractivity contribution is -0.148. The van der Waals surface area contributed by atoms with Crippen LogP contribution in [0, 0.1) is 5.92 Å². The maximum absolute atomic E-state index is 12.8. The molecule has 1 saturated heterocycles. The summed E-state index contributed by atoms with van der Waals surface area (Å²) in [5.41, 5.74) is -0.949. The molecule has 26 heavy (non-hydrogen) atoms. The topological polar surface area (TPSA) is 46.6 Å². The molecule has 144 valence electrons. The molecule has 1 aliphatic heterocycles. The van der Waals surface area contributed by atoms with Crippen molar-refractivity contribution in [3.05, 3.63) is 35.4 Å². The summed E-state index contributed by atoms with van der Waals surface area (Å²) >= 11 is 0. The van der Waals surface area contributed by atoms with Gasteiger partial charge in [-0.3, -0.25) is 4.79 Å². The minimum Gasteiger partial charge on any atom is -0.464 e. The van der Waals surface area contributed by atoms with E-state index in [1.165, 1.54) is 17.0 Å². The highest BCUT2D eigenvalue weighted by Gasteiger charge is 2.37. The van der Waals surface area contributed by atoms with E-state index in [2.05, 4.69) is 13.8 Å². The fraction of sp³-hybridized carbons (Fsp3) is 0.579. The lowest BCUT2D eigenvalue weighted by atomic mass is 10.1. The normalized spacial score (nSPS) is 17.6. The minimum atomic E-state index is -4.52. The van der Waals surface area contributed by atoms with Gasteiger partial charge >= 0.3 is 12.1 Å². The van der Waals surface area contributed by atoms with E-state index in [-0.39, 0.29) is 5.56 Å². The van der Waals surface area contributed by atoms with Crippen LogP contribution in [0.2, 0.25) is 0 Å². The highest BCUT2D eigenvalue weighted by atomic mass is 19.4. The first-order valence-electron chi connectivity index (χ1n) is 8.85.